The van der Waals surface area contributed by atoms with E-state index in [1.54, 1.807) is 12.1 Å². The van der Waals surface area contributed by atoms with Crippen LogP contribution in [0.3, 0.4) is 0 Å². The van der Waals surface area contributed by atoms with Gasteiger partial charge in [-0.15, -0.1) is 0 Å². The number of aryl methyl sites for hydroxylation is 1. The fraction of sp³-hybridized carbons (Fsp3) is 0.238. The normalized spacial score (nSPS) is 10.8. The van der Waals surface area contributed by atoms with Gasteiger partial charge in [-0.05, 0) is 54.8 Å². The molecular weight excluding hydrogens is 393 g/mol. The summed E-state index contributed by atoms with van der Waals surface area (Å²) in [6, 6.07) is 14.0. The van der Waals surface area contributed by atoms with Gasteiger partial charge in [-0.3, -0.25) is 4.79 Å². The number of halogens is 1. The third-order valence-electron chi connectivity index (χ3n) is 4.13. The van der Waals surface area contributed by atoms with Gasteiger partial charge in [0.25, 0.3) is 0 Å². The molecule has 0 aliphatic rings. The number of carbonyl (C=O) groups is 1. The summed E-state index contributed by atoms with van der Waals surface area (Å²) in [7, 11) is 0. The second-order valence-electron chi connectivity index (χ2n) is 6.34. The van der Waals surface area contributed by atoms with Gasteiger partial charge < -0.3 is 11.1 Å². The first-order valence-corrected chi connectivity index (χ1v) is 10.9. The van der Waals surface area contributed by atoms with Crippen molar-refractivity contribution in [2.24, 2.45) is 0 Å². The van der Waals surface area contributed by atoms with E-state index in [0.717, 1.165) is 17.7 Å². The minimum absolute atomic E-state index is 0.0941. The zero-order chi connectivity index (χ0) is 19.9. The molecule has 3 rings (SSSR count). The van der Waals surface area contributed by atoms with Crippen molar-refractivity contribution in [3.63, 3.8) is 0 Å². The smallest absolute Gasteiger partial charge is 0.234 e. The second-order valence-corrected chi connectivity index (χ2v) is 8.59. The number of hydrogen-bond acceptors (Lipinski definition) is 5. The topological polar surface area (TPSA) is 68.0 Å². The highest BCUT2D eigenvalue weighted by molar-refractivity contribution is 8.01. The van der Waals surface area contributed by atoms with E-state index in [1.807, 2.05) is 12.1 Å². The molecular formula is C21H22FN3OS2. The molecule has 3 N–H and O–H groups in total. The van der Waals surface area contributed by atoms with E-state index in [-0.39, 0.29) is 17.5 Å². The molecule has 0 aliphatic carbocycles. The molecule has 2 aromatic carbocycles. The highest BCUT2D eigenvalue weighted by Crippen LogP contribution is 2.35. The molecule has 1 aromatic heterocycles. The molecule has 0 atom stereocenters. The lowest BCUT2D eigenvalue weighted by Crippen LogP contribution is -2.13. The predicted molar refractivity (Wildman–Crippen MR) is 116 cm³/mol. The van der Waals surface area contributed by atoms with Gasteiger partial charge in [0.05, 0.1) is 5.75 Å². The molecule has 0 bridgehead atoms. The second kappa shape index (κ2) is 9.71. The summed E-state index contributed by atoms with van der Waals surface area (Å²) in [4.78, 5) is 16.7. The van der Waals surface area contributed by atoms with Gasteiger partial charge in [-0.25, -0.2) is 9.37 Å². The van der Waals surface area contributed by atoms with Crippen molar-refractivity contribution < 1.29 is 9.18 Å². The molecule has 0 unspecified atom stereocenters. The van der Waals surface area contributed by atoms with Crippen LogP contribution in [0.2, 0.25) is 0 Å². The number of hydrogen-bond donors (Lipinski definition) is 2. The fourth-order valence-corrected chi connectivity index (χ4v) is 4.40. The van der Waals surface area contributed by atoms with E-state index in [2.05, 4.69) is 29.4 Å². The Balaban J connectivity index is 1.54. The maximum Gasteiger partial charge on any atom is 0.234 e. The van der Waals surface area contributed by atoms with Gasteiger partial charge in [-0.2, -0.15) is 0 Å². The number of nitrogen functional groups attached to an aromatic ring is 1. The van der Waals surface area contributed by atoms with Crippen LogP contribution in [-0.2, 0) is 11.2 Å². The third-order valence-corrected chi connectivity index (χ3v) is 6.16. The Labute approximate surface area is 172 Å². The first kappa shape index (κ1) is 20.4. The van der Waals surface area contributed by atoms with Gasteiger partial charge in [0, 0.05) is 11.3 Å². The number of nitrogens with one attached hydrogen (secondary N) is 1. The van der Waals surface area contributed by atoms with Crippen LogP contribution in [0.5, 0.6) is 0 Å². The highest BCUT2D eigenvalue weighted by atomic mass is 32.2. The summed E-state index contributed by atoms with van der Waals surface area (Å²) < 4.78 is 13.8. The average Bonchev–Trinajstić information content (AvgIpc) is 3.07. The Kier molecular flexibility index (Phi) is 7.06. The summed E-state index contributed by atoms with van der Waals surface area (Å²) in [6.07, 6.45) is 3.39. The number of anilines is 2. The van der Waals surface area contributed by atoms with Crippen LogP contribution in [0.25, 0.3) is 11.3 Å². The van der Waals surface area contributed by atoms with Crippen LogP contribution in [0.1, 0.15) is 25.3 Å². The van der Waals surface area contributed by atoms with Crippen molar-refractivity contribution in [2.45, 2.75) is 30.5 Å². The molecule has 7 heteroatoms. The van der Waals surface area contributed by atoms with Crippen LogP contribution in [-0.4, -0.2) is 16.6 Å². The third kappa shape index (κ3) is 5.56. The van der Waals surface area contributed by atoms with E-state index >= 15 is 0 Å². The van der Waals surface area contributed by atoms with Gasteiger partial charge in [-0.1, -0.05) is 48.6 Å². The van der Waals surface area contributed by atoms with Gasteiger partial charge in [0.2, 0.25) is 5.91 Å². The maximum absolute atomic E-state index is 13.1. The number of thioether (sulfide) groups is 1. The Bertz CT molecular complexity index is 924. The van der Waals surface area contributed by atoms with Crippen LogP contribution < -0.4 is 11.1 Å². The summed E-state index contributed by atoms with van der Waals surface area (Å²) in [6.45, 7) is 2.17. The highest BCUT2D eigenvalue weighted by Gasteiger charge is 2.13. The zero-order valence-corrected chi connectivity index (χ0v) is 17.2. The monoisotopic (exact) mass is 415 g/mol. The molecule has 0 saturated heterocycles. The zero-order valence-electron chi connectivity index (χ0n) is 15.6. The van der Waals surface area contributed by atoms with E-state index in [4.69, 9.17) is 5.73 Å². The molecule has 3 aromatic rings. The Hall–Kier alpha value is -2.38. The number of aromatic nitrogens is 1. The van der Waals surface area contributed by atoms with Gasteiger partial charge >= 0.3 is 0 Å². The summed E-state index contributed by atoms with van der Waals surface area (Å²) >= 11 is 2.66. The largest absolute Gasteiger partial charge is 0.389 e. The summed E-state index contributed by atoms with van der Waals surface area (Å²) in [5.41, 5.74) is 9.49. The Morgan fingerprint density at radius 1 is 1.18 bits per heavy atom. The minimum Gasteiger partial charge on any atom is -0.389 e. The van der Waals surface area contributed by atoms with Crippen molar-refractivity contribution in [1.82, 2.24) is 4.98 Å². The van der Waals surface area contributed by atoms with Crippen molar-refractivity contribution in [3.8, 4) is 11.3 Å². The van der Waals surface area contributed by atoms with E-state index in [9.17, 15) is 9.18 Å². The summed E-state index contributed by atoms with van der Waals surface area (Å²) in [5, 5.41) is 3.45. The number of unbranched alkanes of at least 4 members (excludes halogenated alkanes) is 1. The fourth-order valence-electron chi connectivity index (χ4n) is 2.65. The predicted octanol–water partition coefficient (Wildman–Crippen LogP) is 5.60. The number of nitrogens with two attached hydrogens (primary N) is 1. The minimum atomic E-state index is -0.304. The number of nitrogens with zero attached hydrogens (tertiary/aromatic N) is 1. The molecule has 0 radical (unpaired) electrons. The molecule has 0 fully saturated rings. The quantitative estimate of drug-likeness (QED) is 0.470. The van der Waals surface area contributed by atoms with Crippen LogP contribution >= 0.6 is 23.1 Å². The number of amides is 1. The molecule has 1 heterocycles. The average molecular weight is 416 g/mol. The number of carbonyl (C=O) groups excluding carboxylic acids is 1. The van der Waals surface area contributed by atoms with Gasteiger partial charge in [0.15, 0.2) is 4.34 Å². The van der Waals surface area contributed by atoms with Crippen LogP contribution in [0.4, 0.5) is 15.1 Å². The first-order chi connectivity index (χ1) is 13.5. The molecule has 0 saturated carbocycles. The maximum atomic E-state index is 13.1. The lowest BCUT2D eigenvalue weighted by atomic mass is 10.1. The molecule has 1 amide bonds. The standard InChI is InChI=1S/C21H22FN3OS2/c1-2-3-4-14-5-11-17(12-6-14)24-18(26)13-27-21-25-19(20(23)28-21)15-7-9-16(22)10-8-15/h5-12H,2-4,13,23H2,1H3,(H,24,26). The molecule has 0 aliphatic heterocycles. The van der Waals surface area contributed by atoms with Crippen LogP contribution in [0, 0.1) is 5.82 Å². The van der Waals surface area contributed by atoms with E-state index in [1.165, 1.54) is 53.6 Å². The Morgan fingerprint density at radius 2 is 1.89 bits per heavy atom. The van der Waals surface area contributed by atoms with Crippen LogP contribution in [0.15, 0.2) is 52.9 Å². The molecule has 4 nitrogen and oxygen atoms in total. The number of thiazole rings is 1. The molecule has 0 spiro atoms. The Morgan fingerprint density at radius 3 is 2.57 bits per heavy atom. The van der Waals surface area contributed by atoms with Crippen molar-refractivity contribution in [1.29, 1.82) is 0 Å². The summed E-state index contributed by atoms with van der Waals surface area (Å²) in [5.74, 6) is -0.154. The number of rotatable bonds is 8. The SMILES string of the molecule is CCCCc1ccc(NC(=O)CSc2nc(-c3ccc(F)cc3)c(N)s2)cc1. The van der Waals surface area contributed by atoms with Crippen molar-refractivity contribution >= 4 is 39.7 Å². The lowest BCUT2D eigenvalue weighted by Gasteiger charge is -2.06. The molecule has 146 valence electrons. The van der Waals surface area contributed by atoms with Gasteiger partial charge in [0.1, 0.15) is 16.5 Å². The first-order valence-electron chi connectivity index (χ1n) is 9.09. The van der Waals surface area contributed by atoms with E-state index < -0.39 is 0 Å². The van der Waals surface area contributed by atoms with E-state index in [0.29, 0.717) is 15.0 Å². The van der Waals surface area contributed by atoms with Crippen molar-refractivity contribution in [2.75, 3.05) is 16.8 Å². The van der Waals surface area contributed by atoms with Crippen molar-refractivity contribution in [3.05, 3.63) is 59.9 Å². The molecule has 28 heavy (non-hydrogen) atoms. The lowest BCUT2D eigenvalue weighted by molar-refractivity contribution is -0.113. The number of benzene rings is 2.